The van der Waals surface area contributed by atoms with E-state index in [1.165, 1.54) is 0 Å². The largest absolute Gasteiger partial charge is 0.493 e. The lowest BCUT2D eigenvalue weighted by atomic mass is 9.96. The van der Waals surface area contributed by atoms with Crippen molar-refractivity contribution >= 4 is 5.91 Å². The van der Waals surface area contributed by atoms with E-state index in [9.17, 15) is 4.79 Å². The van der Waals surface area contributed by atoms with E-state index in [1.807, 2.05) is 49.4 Å². The van der Waals surface area contributed by atoms with Gasteiger partial charge in [0.25, 0.3) is 0 Å². The van der Waals surface area contributed by atoms with E-state index < -0.39 is 0 Å². The van der Waals surface area contributed by atoms with E-state index >= 15 is 0 Å². The number of carbonyl (C=O) groups is 1. The van der Waals surface area contributed by atoms with Gasteiger partial charge in [0.1, 0.15) is 12.4 Å². The van der Waals surface area contributed by atoms with Crippen LogP contribution in [-0.2, 0) is 17.8 Å². The summed E-state index contributed by atoms with van der Waals surface area (Å²) < 4.78 is 16.5. The summed E-state index contributed by atoms with van der Waals surface area (Å²) in [6.07, 6.45) is 0.703. The van der Waals surface area contributed by atoms with Crippen molar-refractivity contribution in [1.29, 1.82) is 0 Å². The van der Waals surface area contributed by atoms with Crippen molar-refractivity contribution in [3.63, 3.8) is 0 Å². The molecular formula is C20H23NO4. The third-order valence-corrected chi connectivity index (χ3v) is 4.24. The number of para-hydroxylation sites is 1. The first kappa shape index (κ1) is 17.1. The van der Waals surface area contributed by atoms with Gasteiger partial charge in [-0.05, 0) is 42.7 Å². The number of fused-ring (bicyclic) bond motifs is 1. The summed E-state index contributed by atoms with van der Waals surface area (Å²) in [5, 5.41) is 2.99. The number of hydrogen-bond donors (Lipinski definition) is 1. The highest BCUT2D eigenvalue weighted by Gasteiger charge is 2.25. The molecule has 1 aliphatic rings. The second-order valence-corrected chi connectivity index (χ2v) is 5.96. The SMILES string of the molecule is CCOc1ccc(CNC(=O)C2COc3ccccc3C2)cc1OC. The summed E-state index contributed by atoms with van der Waals surface area (Å²) in [5.74, 6) is 2.09. The average Bonchev–Trinajstić information content (AvgIpc) is 2.66. The lowest BCUT2D eigenvalue weighted by Crippen LogP contribution is -2.37. The molecule has 0 spiro atoms. The van der Waals surface area contributed by atoms with Gasteiger partial charge in [0.15, 0.2) is 11.5 Å². The van der Waals surface area contributed by atoms with Crippen LogP contribution in [0.5, 0.6) is 17.2 Å². The topological polar surface area (TPSA) is 56.8 Å². The van der Waals surface area contributed by atoms with E-state index in [0.29, 0.717) is 37.7 Å². The molecular weight excluding hydrogens is 318 g/mol. The van der Waals surface area contributed by atoms with E-state index in [-0.39, 0.29) is 11.8 Å². The normalized spacial score (nSPS) is 15.7. The molecule has 0 radical (unpaired) electrons. The maximum absolute atomic E-state index is 12.5. The zero-order chi connectivity index (χ0) is 17.6. The Morgan fingerprint density at radius 2 is 2.08 bits per heavy atom. The number of nitrogens with one attached hydrogen (secondary N) is 1. The molecule has 0 aromatic heterocycles. The molecule has 1 amide bonds. The van der Waals surface area contributed by atoms with Crippen LogP contribution in [0.2, 0.25) is 0 Å². The maximum atomic E-state index is 12.5. The van der Waals surface area contributed by atoms with Crippen LogP contribution in [0.25, 0.3) is 0 Å². The molecule has 25 heavy (non-hydrogen) atoms. The van der Waals surface area contributed by atoms with Gasteiger partial charge in [0.05, 0.1) is 19.6 Å². The van der Waals surface area contributed by atoms with Crippen LogP contribution in [0.3, 0.4) is 0 Å². The van der Waals surface area contributed by atoms with Gasteiger partial charge >= 0.3 is 0 Å². The molecule has 0 bridgehead atoms. The average molecular weight is 341 g/mol. The number of ether oxygens (including phenoxy) is 3. The Labute approximate surface area is 147 Å². The molecule has 5 heteroatoms. The molecule has 2 aromatic rings. The van der Waals surface area contributed by atoms with E-state index in [4.69, 9.17) is 14.2 Å². The Morgan fingerprint density at radius 3 is 2.88 bits per heavy atom. The molecule has 0 saturated carbocycles. The van der Waals surface area contributed by atoms with Gasteiger partial charge in [-0.1, -0.05) is 24.3 Å². The highest BCUT2D eigenvalue weighted by molar-refractivity contribution is 5.79. The molecule has 3 rings (SSSR count). The Bertz CT molecular complexity index is 744. The molecule has 5 nitrogen and oxygen atoms in total. The fourth-order valence-corrected chi connectivity index (χ4v) is 2.93. The van der Waals surface area contributed by atoms with Crippen molar-refractivity contribution in [3.05, 3.63) is 53.6 Å². The summed E-state index contributed by atoms with van der Waals surface area (Å²) in [6.45, 7) is 3.36. The predicted octanol–water partition coefficient (Wildman–Crippen LogP) is 2.96. The first-order chi connectivity index (χ1) is 12.2. The standard InChI is InChI=1S/C20H23NO4/c1-3-24-18-9-8-14(10-19(18)23-2)12-21-20(22)16-11-15-6-4-5-7-17(15)25-13-16/h4-10,16H,3,11-13H2,1-2H3,(H,21,22). The zero-order valence-corrected chi connectivity index (χ0v) is 14.6. The smallest absolute Gasteiger partial charge is 0.227 e. The summed E-state index contributed by atoms with van der Waals surface area (Å²) in [6, 6.07) is 13.5. The van der Waals surface area contributed by atoms with Gasteiger partial charge in [-0.15, -0.1) is 0 Å². The predicted molar refractivity (Wildman–Crippen MR) is 95.1 cm³/mol. The van der Waals surface area contributed by atoms with Crippen molar-refractivity contribution < 1.29 is 19.0 Å². The summed E-state index contributed by atoms with van der Waals surface area (Å²) >= 11 is 0. The second kappa shape index (κ2) is 7.92. The molecule has 132 valence electrons. The molecule has 1 aliphatic heterocycles. The van der Waals surface area contributed by atoms with Crippen molar-refractivity contribution in [2.45, 2.75) is 19.9 Å². The van der Waals surface area contributed by atoms with Crippen molar-refractivity contribution in [1.82, 2.24) is 5.32 Å². The summed E-state index contributed by atoms with van der Waals surface area (Å²) in [5.41, 5.74) is 2.04. The zero-order valence-electron chi connectivity index (χ0n) is 14.6. The van der Waals surface area contributed by atoms with Crippen LogP contribution in [0.4, 0.5) is 0 Å². The highest BCUT2D eigenvalue weighted by Crippen LogP contribution is 2.29. The van der Waals surface area contributed by atoms with E-state index in [1.54, 1.807) is 7.11 Å². The number of hydrogen-bond acceptors (Lipinski definition) is 4. The first-order valence-electron chi connectivity index (χ1n) is 8.49. The van der Waals surface area contributed by atoms with Gasteiger partial charge in [0, 0.05) is 6.54 Å². The molecule has 0 aliphatic carbocycles. The van der Waals surface area contributed by atoms with Gasteiger partial charge in [-0.3, -0.25) is 4.79 Å². The first-order valence-corrected chi connectivity index (χ1v) is 8.49. The molecule has 0 saturated heterocycles. The van der Waals surface area contributed by atoms with Crippen LogP contribution in [-0.4, -0.2) is 26.2 Å². The van der Waals surface area contributed by atoms with Gasteiger partial charge in [0.2, 0.25) is 5.91 Å². The number of benzene rings is 2. The summed E-state index contributed by atoms with van der Waals surface area (Å²) in [4.78, 5) is 12.5. The molecule has 1 atom stereocenters. The lowest BCUT2D eigenvalue weighted by Gasteiger charge is -2.24. The van der Waals surface area contributed by atoms with Crippen LogP contribution < -0.4 is 19.5 Å². The molecule has 1 heterocycles. The molecule has 1 unspecified atom stereocenters. The Morgan fingerprint density at radius 1 is 1.24 bits per heavy atom. The third-order valence-electron chi connectivity index (χ3n) is 4.24. The third kappa shape index (κ3) is 4.05. The fraction of sp³-hybridized carbons (Fsp3) is 0.350. The minimum absolute atomic E-state index is 0.00218. The Kier molecular flexibility index (Phi) is 5.43. The quantitative estimate of drug-likeness (QED) is 0.878. The van der Waals surface area contributed by atoms with Crippen molar-refractivity contribution in [2.75, 3.05) is 20.3 Å². The van der Waals surface area contributed by atoms with Crippen molar-refractivity contribution in [2.24, 2.45) is 5.92 Å². The number of amides is 1. The van der Waals surface area contributed by atoms with E-state index in [0.717, 1.165) is 16.9 Å². The Balaban J connectivity index is 1.59. The van der Waals surface area contributed by atoms with Crippen LogP contribution in [0.1, 0.15) is 18.1 Å². The van der Waals surface area contributed by atoms with Gasteiger partial charge in [-0.25, -0.2) is 0 Å². The summed E-state index contributed by atoms with van der Waals surface area (Å²) in [7, 11) is 1.61. The lowest BCUT2D eigenvalue weighted by molar-refractivity contribution is -0.126. The van der Waals surface area contributed by atoms with Crippen LogP contribution in [0.15, 0.2) is 42.5 Å². The minimum Gasteiger partial charge on any atom is -0.493 e. The highest BCUT2D eigenvalue weighted by atomic mass is 16.5. The van der Waals surface area contributed by atoms with Crippen LogP contribution in [0, 0.1) is 5.92 Å². The maximum Gasteiger partial charge on any atom is 0.227 e. The number of methoxy groups -OCH3 is 1. The molecule has 0 fully saturated rings. The monoisotopic (exact) mass is 341 g/mol. The van der Waals surface area contributed by atoms with E-state index in [2.05, 4.69) is 5.32 Å². The van der Waals surface area contributed by atoms with Gasteiger partial charge < -0.3 is 19.5 Å². The molecule has 2 aromatic carbocycles. The van der Waals surface area contributed by atoms with Crippen LogP contribution >= 0.6 is 0 Å². The Hall–Kier alpha value is -2.69. The second-order valence-electron chi connectivity index (χ2n) is 5.96. The fourth-order valence-electron chi connectivity index (χ4n) is 2.93. The van der Waals surface area contributed by atoms with Gasteiger partial charge in [-0.2, -0.15) is 0 Å². The minimum atomic E-state index is -0.167. The number of carbonyl (C=O) groups excluding carboxylic acids is 1. The van der Waals surface area contributed by atoms with Crippen molar-refractivity contribution in [3.8, 4) is 17.2 Å². The molecule has 1 N–H and O–H groups in total. The number of rotatable bonds is 6.